The molecule has 0 spiro atoms. The molecule has 0 amide bonds. The van der Waals surface area contributed by atoms with Gasteiger partial charge in [0.1, 0.15) is 3.70 Å². The molecule has 2 fully saturated rings. The quantitative estimate of drug-likeness (QED) is 0.721. The summed E-state index contributed by atoms with van der Waals surface area (Å²) in [5, 5.41) is 8.51. The Morgan fingerprint density at radius 2 is 1.78 bits per heavy atom. The number of piperazine rings is 1. The van der Waals surface area contributed by atoms with Crippen molar-refractivity contribution in [2.24, 2.45) is 0 Å². The van der Waals surface area contributed by atoms with Crippen LogP contribution in [0.1, 0.15) is 25.7 Å². The van der Waals surface area contributed by atoms with Crippen LogP contribution in [-0.4, -0.2) is 47.3 Å². The van der Waals surface area contributed by atoms with Gasteiger partial charge in [0.25, 0.3) is 0 Å². The molecule has 2 aliphatic rings. The average Bonchev–Trinajstić information content (AvgIpc) is 2.49. The van der Waals surface area contributed by atoms with E-state index in [4.69, 9.17) is 0 Å². The number of hydrogen-bond acceptors (Lipinski definition) is 4. The number of likely N-dealkylation sites (N-methyl/N-ethyl adjacent to an activating group) is 1. The third-order valence-electron chi connectivity index (χ3n) is 4.28. The Bertz CT molecular complexity index is 392. The third-order valence-corrected chi connectivity index (χ3v) is 4.86. The third kappa shape index (κ3) is 2.47. The van der Waals surface area contributed by atoms with E-state index in [2.05, 4.69) is 55.7 Å². The molecule has 2 atom stereocenters. The molecule has 0 N–H and O–H groups in total. The lowest BCUT2D eigenvalue weighted by molar-refractivity contribution is 0.149. The molecule has 2 aliphatic heterocycles. The number of rotatable bonds is 1. The summed E-state index contributed by atoms with van der Waals surface area (Å²) in [4.78, 5) is 5.01. The van der Waals surface area contributed by atoms with E-state index in [0.717, 1.165) is 22.6 Å². The molecule has 98 valence electrons. The Hall–Kier alpha value is -0.430. The molecule has 3 rings (SSSR count). The topological polar surface area (TPSA) is 32.3 Å². The molecule has 5 heteroatoms. The highest BCUT2D eigenvalue weighted by Crippen LogP contribution is 2.28. The van der Waals surface area contributed by atoms with Gasteiger partial charge < -0.3 is 4.90 Å². The van der Waals surface area contributed by atoms with Crippen LogP contribution in [0.4, 0.5) is 5.82 Å². The second-order valence-electron chi connectivity index (χ2n) is 5.38. The molecule has 0 aromatic carbocycles. The second kappa shape index (κ2) is 5.28. The standard InChI is InChI=1S/C13H19IN4/c1-17-10-4-2-3-5-11(17)9-18(8-10)13-7-6-12(14)15-16-13/h6-7,10-11H,2-5,8-9H2,1H3. The summed E-state index contributed by atoms with van der Waals surface area (Å²) >= 11 is 2.20. The maximum absolute atomic E-state index is 4.33. The van der Waals surface area contributed by atoms with Gasteiger partial charge in [0.2, 0.25) is 0 Å². The van der Waals surface area contributed by atoms with Gasteiger partial charge in [-0.2, -0.15) is 0 Å². The molecule has 2 saturated heterocycles. The molecule has 0 aliphatic carbocycles. The van der Waals surface area contributed by atoms with Gasteiger partial charge in [-0.1, -0.05) is 12.8 Å². The first-order chi connectivity index (χ1) is 8.74. The van der Waals surface area contributed by atoms with E-state index < -0.39 is 0 Å². The van der Waals surface area contributed by atoms with Crippen molar-refractivity contribution in [2.45, 2.75) is 37.8 Å². The fourth-order valence-corrected chi connectivity index (χ4v) is 3.44. The molecule has 1 aromatic rings. The number of aromatic nitrogens is 2. The zero-order valence-corrected chi connectivity index (χ0v) is 12.9. The zero-order chi connectivity index (χ0) is 12.5. The monoisotopic (exact) mass is 358 g/mol. The van der Waals surface area contributed by atoms with E-state index >= 15 is 0 Å². The van der Waals surface area contributed by atoms with Gasteiger partial charge in [-0.3, -0.25) is 4.90 Å². The SMILES string of the molecule is CN1C2CCCCC1CN(c1ccc(I)nn1)C2. The number of fused-ring (bicyclic) bond motifs is 2. The van der Waals surface area contributed by atoms with Crippen LogP contribution in [-0.2, 0) is 0 Å². The van der Waals surface area contributed by atoms with E-state index in [0.29, 0.717) is 12.1 Å². The van der Waals surface area contributed by atoms with Crippen LogP contribution < -0.4 is 4.90 Å². The van der Waals surface area contributed by atoms with Crippen LogP contribution in [0.5, 0.6) is 0 Å². The minimum absolute atomic E-state index is 0.687. The number of nitrogens with zero attached hydrogens (tertiary/aromatic N) is 4. The summed E-state index contributed by atoms with van der Waals surface area (Å²) < 4.78 is 0.961. The lowest BCUT2D eigenvalue weighted by Gasteiger charge is -2.44. The van der Waals surface area contributed by atoms with Gasteiger partial charge in [0, 0.05) is 25.2 Å². The molecule has 4 nitrogen and oxygen atoms in total. The van der Waals surface area contributed by atoms with Crippen LogP contribution in [0.15, 0.2) is 12.1 Å². The summed E-state index contributed by atoms with van der Waals surface area (Å²) in [7, 11) is 2.29. The van der Waals surface area contributed by atoms with E-state index in [-0.39, 0.29) is 0 Å². The Morgan fingerprint density at radius 1 is 1.11 bits per heavy atom. The Labute approximate surface area is 122 Å². The van der Waals surface area contributed by atoms with Crippen molar-refractivity contribution in [1.82, 2.24) is 15.1 Å². The van der Waals surface area contributed by atoms with E-state index in [9.17, 15) is 0 Å². The predicted octanol–water partition coefficient (Wildman–Crippen LogP) is 2.14. The van der Waals surface area contributed by atoms with Crippen LogP contribution in [0.3, 0.4) is 0 Å². The number of hydrogen-bond donors (Lipinski definition) is 0. The lowest BCUT2D eigenvalue weighted by atomic mass is 10.1. The Balaban J connectivity index is 1.80. The van der Waals surface area contributed by atoms with Gasteiger partial charge in [-0.05, 0) is 54.6 Å². The highest BCUT2D eigenvalue weighted by molar-refractivity contribution is 14.1. The number of halogens is 1. The largest absolute Gasteiger partial charge is 0.352 e. The lowest BCUT2D eigenvalue weighted by Crippen LogP contribution is -2.56. The van der Waals surface area contributed by atoms with E-state index in [1.165, 1.54) is 25.7 Å². The van der Waals surface area contributed by atoms with Gasteiger partial charge in [0.15, 0.2) is 5.82 Å². The van der Waals surface area contributed by atoms with Crippen molar-refractivity contribution < 1.29 is 0 Å². The molecular weight excluding hydrogens is 339 g/mol. The Morgan fingerprint density at radius 3 is 2.33 bits per heavy atom. The predicted molar refractivity (Wildman–Crippen MR) is 80.8 cm³/mol. The summed E-state index contributed by atoms with van der Waals surface area (Å²) in [6.45, 7) is 2.20. The minimum Gasteiger partial charge on any atom is -0.352 e. The van der Waals surface area contributed by atoms with Crippen molar-refractivity contribution in [3.63, 3.8) is 0 Å². The van der Waals surface area contributed by atoms with Crippen LogP contribution in [0.2, 0.25) is 0 Å². The molecule has 0 radical (unpaired) electrons. The summed E-state index contributed by atoms with van der Waals surface area (Å²) in [6, 6.07) is 5.52. The molecule has 2 bridgehead atoms. The van der Waals surface area contributed by atoms with Crippen LogP contribution in [0.25, 0.3) is 0 Å². The first-order valence-corrected chi connectivity index (χ1v) is 7.78. The van der Waals surface area contributed by atoms with Gasteiger partial charge in [0.05, 0.1) is 0 Å². The van der Waals surface area contributed by atoms with Crippen molar-refractivity contribution in [3.8, 4) is 0 Å². The van der Waals surface area contributed by atoms with Crippen molar-refractivity contribution in [1.29, 1.82) is 0 Å². The summed E-state index contributed by atoms with van der Waals surface area (Å²) in [5.41, 5.74) is 0. The molecule has 1 aromatic heterocycles. The maximum Gasteiger partial charge on any atom is 0.151 e. The fraction of sp³-hybridized carbons (Fsp3) is 0.692. The molecule has 0 saturated carbocycles. The van der Waals surface area contributed by atoms with Crippen molar-refractivity contribution in [2.75, 3.05) is 25.0 Å². The molecule has 2 unspecified atom stereocenters. The fourth-order valence-electron chi connectivity index (χ4n) is 3.15. The smallest absolute Gasteiger partial charge is 0.151 e. The normalized spacial score (nSPS) is 29.1. The zero-order valence-electron chi connectivity index (χ0n) is 10.7. The van der Waals surface area contributed by atoms with Crippen LogP contribution >= 0.6 is 22.6 Å². The maximum atomic E-state index is 4.33. The van der Waals surface area contributed by atoms with Crippen molar-refractivity contribution in [3.05, 3.63) is 15.8 Å². The van der Waals surface area contributed by atoms with E-state index in [1.54, 1.807) is 0 Å². The van der Waals surface area contributed by atoms with E-state index in [1.807, 2.05) is 6.07 Å². The van der Waals surface area contributed by atoms with Gasteiger partial charge in [-0.15, -0.1) is 10.2 Å². The molecule has 18 heavy (non-hydrogen) atoms. The van der Waals surface area contributed by atoms with Gasteiger partial charge >= 0.3 is 0 Å². The first kappa shape index (κ1) is 12.6. The number of anilines is 1. The summed E-state index contributed by atoms with van der Waals surface area (Å²) in [6.07, 6.45) is 5.39. The van der Waals surface area contributed by atoms with Gasteiger partial charge in [-0.25, -0.2) is 0 Å². The first-order valence-electron chi connectivity index (χ1n) is 6.70. The van der Waals surface area contributed by atoms with Crippen molar-refractivity contribution >= 4 is 28.4 Å². The summed E-state index contributed by atoms with van der Waals surface area (Å²) in [5.74, 6) is 1.04. The van der Waals surface area contributed by atoms with Crippen LogP contribution in [0, 0.1) is 3.70 Å². The highest BCUT2D eigenvalue weighted by atomic mass is 127. The second-order valence-corrected chi connectivity index (χ2v) is 6.48. The highest BCUT2D eigenvalue weighted by Gasteiger charge is 2.33. The molecular formula is C13H19IN4. The molecule has 3 heterocycles. The average molecular weight is 358 g/mol. The minimum atomic E-state index is 0.687. The Kier molecular flexibility index (Phi) is 3.70.